The molecule has 0 aliphatic rings. The Morgan fingerprint density at radius 3 is 3.20 bits per heavy atom. The predicted molar refractivity (Wildman–Crippen MR) is 45.3 cm³/mol. The van der Waals surface area contributed by atoms with Crippen molar-refractivity contribution in [2.75, 3.05) is 5.75 Å². The third kappa shape index (κ3) is 2.42. The number of rotatable bonds is 3. The molecule has 1 heterocycles. The Morgan fingerprint density at radius 2 is 2.60 bits per heavy atom. The quantitative estimate of drug-likeness (QED) is 0.513. The van der Waals surface area contributed by atoms with Crippen molar-refractivity contribution in [3.8, 4) is 6.07 Å². The van der Waals surface area contributed by atoms with Gasteiger partial charge in [0.05, 0.1) is 10.3 Å². The summed E-state index contributed by atoms with van der Waals surface area (Å²) in [5, 5.41) is 10.3. The molecule has 1 nitrogen and oxygen atoms in total. The second-order valence-corrected chi connectivity index (χ2v) is 4.03. The molecule has 0 aliphatic carbocycles. The maximum Gasteiger partial charge on any atom is 0.0630 e. The molecule has 0 unspecified atom stereocenters. The Kier molecular flexibility index (Phi) is 3.34. The number of thiophene rings is 1. The van der Waals surface area contributed by atoms with Gasteiger partial charge in [-0.25, -0.2) is 0 Å². The van der Waals surface area contributed by atoms with Gasteiger partial charge in [0.1, 0.15) is 0 Å². The molecule has 1 aromatic rings. The molecule has 0 bridgehead atoms. The molecule has 0 fully saturated rings. The molecule has 1 aromatic heterocycles. The van der Waals surface area contributed by atoms with E-state index in [1.165, 1.54) is 4.21 Å². The zero-order chi connectivity index (χ0) is 7.23. The SMILES string of the molecule is N#CCCSc1cccs1. The van der Waals surface area contributed by atoms with E-state index in [9.17, 15) is 0 Å². The number of nitrogens with zero attached hydrogens (tertiary/aromatic N) is 1. The molecule has 52 valence electrons. The minimum Gasteiger partial charge on any atom is -0.198 e. The second kappa shape index (κ2) is 4.37. The highest BCUT2D eigenvalue weighted by molar-refractivity contribution is 8.01. The summed E-state index contributed by atoms with van der Waals surface area (Å²) in [7, 11) is 0. The number of thioether (sulfide) groups is 1. The Bertz CT molecular complexity index is 210. The highest BCUT2D eigenvalue weighted by Crippen LogP contribution is 2.23. The van der Waals surface area contributed by atoms with Gasteiger partial charge in [-0.2, -0.15) is 5.26 Å². The van der Waals surface area contributed by atoms with E-state index in [-0.39, 0.29) is 0 Å². The van der Waals surface area contributed by atoms with Gasteiger partial charge in [0.25, 0.3) is 0 Å². The lowest BCUT2D eigenvalue weighted by Gasteiger charge is -1.89. The predicted octanol–water partition coefficient (Wildman–Crippen LogP) is 2.75. The van der Waals surface area contributed by atoms with Crippen molar-refractivity contribution in [3.63, 3.8) is 0 Å². The molecule has 3 heteroatoms. The topological polar surface area (TPSA) is 23.8 Å². The van der Waals surface area contributed by atoms with Crippen LogP contribution in [0, 0.1) is 11.3 Å². The van der Waals surface area contributed by atoms with Crippen molar-refractivity contribution in [1.82, 2.24) is 0 Å². The summed E-state index contributed by atoms with van der Waals surface area (Å²) in [6.45, 7) is 0. The van der Waals surface area contributed by atoms with E-state index in [1.54, 1.807) is 23.1 Å². The largest absolute Gasteiger partial charge is 0.198 e. The molecule has 0 saturated carbocycles. The van der Waals surface area contributed by atoms with E-state index in [4.69, 9.17) is 5.26 Å². The molecule has 0 N–H and O–H groups in total. The fourth-order valence-corrected chi connectivity index (χ4v) is 2.25. The molecular weight excluding hydrogens is 162 g/mol. The molecule has 0 aliphatic heterocycles. The second-order valence-electron chi connectivity index (χ2n) is 1.69. The van der Waals surface area contributed by atoms with Crippen LogP contribution in [0.5, 0.6) is 0 Å². The summed E-state index contributed by atoms with van der Waals surface area (Å²) in [6.07, 6.45) is 0.641. The average Bonchev–Trinajstić information content (AvgIpc) is 2.41. The molecule has 0 radical (unpaired) electrons. The smallest absolute Gasteiger partial charge is 0.0630 e. The number of hydrogen-bond donors (Lipinski definition) is 0. The van der Waals surface area contributed by atoms with Crippen LogP contribution >= 0.6 is 23.1 Å². The molecule has 0 atom stereocenters. The van der Waals surface area contributed by atoms with Crippen LogP contribution in [-0.4, -0.2) is 5.75 Å². The lowest BCUT2D eigenvalue weighted by atomic mass is 10.6. The Hall–Kier alpha value is -0.460. The zero-order valence-corrected chi connectivity index (χ0v) is 7.04. The summed E-state index contributed by atoms with van der Waals surface area (Å²) in [4.78, 5) is 0. The monoisotopic (exact) mass is 169 g/mol. The van der Waals surface area contributed by atoms with Crippen LogP contribution in [0.3, 0.4) is 0 Å². The fraction of sp³-hybridized carbons (Fsp3) is 0.286. The van der Waals surface area contributed by atoms with Gasteiger partial charge in [0.2, 0.25) is 0 Å². The zero-order valence-electron chi connectivity index (χ0n) is 5.41. The van der Waals surface area contributed by atoms with Crippen molar-refractivity contribution >= 4 is 23.1 Å². The van der Waals surface area contributed by atoms with Gasteiger partial charge in [-0.05, 0) is 11.4 Å². The van der Waals surface area contributed by atoms with Gasteiger partial charge in [0, 0.05) is 12.2 Å². The molecule has 1 rings (SSSR count). The summed E-state index contributed by atoms with van der Waals surface area (Å²) in [6, 6.07) is 6.22. The summed E-state index contributed by atoms with van der Waals surface area (Å²) < 4.78 is 1.30. The summed E-state index contributed by atoms with van der Waals surface area (Å²) >= 11 is 3.47. The molecular formula is C7H7NS2. The van der Waals surface area contributed by atoms with Crippen LogP contribution in [0.15, 0.2) is 21.7 Å². The summed E-state index contributed by atoms with van der Waals surface area (Å²) in [5.41, 5.74) is 0. The first kappa shape index (κ1) is 7.64. The maximum absolute atomic E-state index is 8.23. The minimum absolute atomic E-state index is 0.641. The van der Waals surface area contributed by atoms with Gasteiger partial charge in [-0.1, -0.05) is 6.07 Å². The van der Waals surface area contributed by atoms with Crippen LogP contribution in [-0.2, 0) is 0 Å². The van der Waals surface area contributed by atoms with E-state index >= 15 is 0 Å². The van der Waals surface area contributed by atoms with Crippen LogP contribution in [0.1, 0.15) is 6.42 Å². The minimum atomic E-state index is 0.641. The van der Waals surface area contributed by atoms with Crippen LogP contribution in [0.25, 0.3) is 0 Å². The Balaban J connectivity index is 2.23. The number of hydrogen-bond acceptors (Lipinski definition) is 3. The first-order chi connectivity index (χ1) is 4.93. The lowest BCUT2D eigenvalue weighted by Crippen LogP contribution is -1.71. The van der Waals surface area contributed by atoms with Crippen molar-refractivity contribution in [2.24, 2.45) is 0 Å². The van der Waals surface area contributed by atoms with E-state index in [0.29, 0.717) is 6.42 Å². The highest BCUT2D eigenvalue weighted by atomic mass is 32.2. The van der Waals surface area contributed by atoms with Gasteiger partial charge in [0.15, 0.2) is 0 Å². The van der Waals surface area contributed by atoms with Crippen LogP contribution in [0.4, 0.5) is 0 Å². The van der Waals surface area contributed by atoms with Gasteiger partial charge in [-0.15, -0.1) is 23.1 Å². The van der Waals surface area contributed by atoms with E-state index < -0.39 is 0 Å². The Morgan fingerprint density at radius 1 is 1.70 bits per heavy atom. The third-order valence-electron chi connectivity index (χ3n) is 0.953. The molecule has 10 heavy (non-hydrogen) atoms. The van der Waals surface area contributed by atoms with E-state index in [2.05, 4.69) is 17.5 Å². The molecule has 0 spiro atoms. The van der Waals surface area contributed by atoms with Crippen molar-refractivity contribution < 1.29 is 0 Å². The molecule has 0 saturated heterocycles. The van der Waals surface area contributed by atoms with Gasteiger partial charge in [-0.3, -0.25) is 0 Å². The fourth-order valence-electron chi connectivity index (χ4n) is 0.543. The first-order valence-corrected chi connectivity index (χ1v) is 4.83. The van der Waals surface area contributed by atoms with Crippen molar-refractivity contribution in [3.05, 3.63) is 17.5 Å². The molecule has 0 aromatic carbocycles. The maximum atomic E-state index is 8.23. The summed E-state index contributed by atoms with van der Waals surface area (Å²) in [5.74, 6) is 0.914. The number of nitriles is 1. The average molecular weight is 169 g/mol. The molecule has 0 amide bonds. The van der Waals surface area contributed by atoms with Gasteiger partial charge >= 0.3 is 0 Å². The Labute approximate surface area is 68.7 Å². The van der Waals surface area contributed by atoms with E-state index in [1.807, 2.05) is 6.07 Å². The van der Waals surface area contributed by atoms with Gasteiger partial charge < -0.3 is 0 Å². The standard InChI is InChI=1S/C7H7NS2/c8-4-2-6-10-7-3-1-5-9-7/h1,3,5H,2,6H2. The third-order valence-corrected chi connectivity index (χ3v) is 3.09. The highest BCUT2D eigenvalue weighted by Gasteiger charge is 1.91. The van der Waals surface area contributed by atoms with Crippen molar-refractivity contribution in [2.45, 2.75) is 10.6 Å². The first-order valence-electron chi connectivity index (χ1n) is 2.97. The normalized spacial score (nSPS) is 9.10. The lowest BCUT2D eigenvalue weighted by molar-refractivity contribution is 1.24. The van der Waals surface area contributed by atoms with Crippen LogP contribution in [0.2, 0.25) is 0 Å². The van der Waals surface area contributed by atoms with Crippen molar-refractivity contribution in [1.29, 1.82) is 5.26 Å². The van der Waals surface area contributed by atoms with Crippen LogP contribution < -0.4 is 0 Å². The van der Waals surface area contributed by atoms with E-state index in [0.717, 1.165) is 5.75 Å².